The molecular formula is C23H33NO5. The summed E-state index contributed by atoms with van der Waals surface area (Å²) in [5, 5.41) is 22.9. The number of hydrogen-bond acceptors (Lipinski definition) is 5. The monoisotopic (exact) mass is 403 g/mol. The molecule has 1 unspecified atom stereocenters. The van der Waals surface area contributed by atoms with Crippen LogP contribution in [-0.2, 0) is 14.4 Å². The summed E-state index contributed by atoms with van der Waals surface area (Å²) in [6.45, 7) is 4.75. The summed E-state index contributed by atoms with van der Waals surface area (Å²) in [4.78, 5) is 34.4. The second-order valence-electron chi connectivity index (χ2n) is 7.77. The first-order valence-electron chi connectivity index (χ1n) is 10.1. The van der Waals surface area contributed by atoms with Crippen LogP contribution in [0.2, 0.25) is 0 Å². The first-order chi connectivity index (χ1) is 13.7. The van der Waals surface area contributed by atoms with E-state index in [2.05, 4.69) is 17.2 Å². The van der Waals surface area contributed by atoms with Gasteiger partial charge in [-0.25, -0.2) is 0 Å². The maximum atomic E-state index is 12.2. The smallest absolute Gasteiger partial charge is 0.226 e. The minimum Gasteiger partial charge on any atom is -0.392 e. The fourth-order valence-electron chi connectivity index (χ4n) is 3.37. The number of rotatable bonds is 10. The van der Waals surface area contributed by atoms with Gasteiger partial charge in [0.05, 0.1) is 11.7 Å². The van der Waals surface area contributed by atoms with Crippen molar-refractivity contribution in [1.29, 1.82) is 0 Å². The SMILES string of the molecule is CC#CCCC(C)(O)C=C[C@H]1[C@H](O)CC(=O)[C@@H]1CC=CCCCC(=O)NC(C)=O. The topological polar surface area (TPSA) is 104 Å². The molecule has 6 nitrogen and oxygen atoms in total. The Hall–Kier alpha value is -2.23. The molecule has 0 bridgehead atoms. The number of nitrogens with one attached hydrogen (secondary N) is 1. The van der Waals surface area contributed by atoms with Crippen molar-refractivity contribution >= 4 is 17.6 Å². The second kappa shape index (κ2) is 12.4. The van der Waals surface area contributed by atoms with Gasteiger partial charge in [0.25, 0.3) is 0 Å². The lowest BCUT2D eigenvalue weighted by atomic mass is 9.88. The standard InChI is InChI=1S/C23H33NO5/c1-4-5-10-14-23(3,29)15-13-19-18(20(26)16-21(19)27)11-8-6-7-9-12-22(28)24-17(2)25/h6,8,13,15,18-19,21,27,29H,7,9-12,14,16H2,1-3H3,(H,24,25,28)/t18-,19-,21-,23?/m1/s1. The number of imide groups is 1. The van der Waals surface area contributed by atoms with E-state index in [1.165, 1.54) is 6.92 Å². The molecule has 0 heterocycles. The lowest BCUT2D eigenvalue weighted by Crippen LogP contribution is -2.27. The van der Waals surface area contributed by atoms with Crippen LogP contribution in [0.5, 0.6) is 0 Å². The van der Waals surface area contributed by atoms with Crippen LogP contribution >= 0.6 is 0 Å². The van der Waals surface area contributed by atoms with Gasteiger partial charge in [-0.3, -0.25) is 19.7 Å². The van der Waals surface area contributed by atoms with Crippen molar-refractivity contribution in [2.45, 2.75) is 77.4 Å². The van der Waals surface area contributed by atoms with Crippen molar-refractivity contribution in [3.63, 3.8) is 0 Å². The predicted molar refractivity (Wildman–Crippen MR) is 111 cm³/mol. The molecule has 1 aliphatic rings. The molecule has 0 aliphatic heterocycles. The molecule has 1 aliphatic carbocycles. The number of amides is 2. The average molecular weight is 404 g/mol. The van der Waals surface area contributed by atoms with E-state index in [0.29, 0.717) is 32.1 Å². The van der Waals surface area contributed by atoms with E-state index in [4.69, 9.17) is 0 Å². The van der Waals surface area contributed by atoms with E-state index in [1.807, 2.05) is 12.2 Å². The Morgan fingerprint density at radius 1 is 1.34 bits per heavy atom. The molecule has 160 valence electrons. The van der Waals surface area contributed by atoms with Gasteiger partial charge in [0.1, 0.15) is 5.78 Å². The minimum atomic E-state index is -1.03. The molecule has 0 aromatic carbocycles. The van der Waals surface area contributed by atoms with Crippen molar-refractivity contribution < 1.29 is 24.6 Å². The predicted octanol–water partition coefficient (Wildman–Crippen LogP) is 2.44. The van der Waals surface area contributed by atoms with Gasteiger partial charge in [-0.15, -0.1) is 11.8 Å². The number of allylic oxidation sites excluding steroid dienone is 2. The quantitative estimate of drug-likeness (QED) is 0.295. The molecule has 1 saturated carbocycles. The van der Waals surface area contributed by atoms with Crippen LogP contribution in [0.25, 0.3) is 0 Å². The molecular weight excluding hydrogens is 370 g/mol. The number of Topliss-reactive ketones (excluding diaryl/α,β-unsaturated/α-hetero) is 1. The fraction of sp³-hybridized carbons (Fsp3) is 0.609. The maximum Gasteiger partial charge on any atom is 0.226 e. The van der Waals surface area contributed by atoms with Gasteiger partial charge >= 0.3 is 0 Å². The molecule has 0 spiro atoms. The first kappa shape index (κ1) is 24.8. The van der Waals surface area contributed by atoms with E-state index in [9.17, 15) is 24.6 Å². The molecule has 1 rings (SSSR count). The van der Waals surface area contributed by atoms with Gasteiger partial charge in [-0.05, 0) is 39.5 Å². The van der Waals surface area contributed by atoms with Gasteiger partial charge in [-0.2, -0.15) is 0 Å². The summed E-state index contributed by atoms with van der Waals surface area (Å²) in [5.74, 6) is 4.45. The van der Waals surface area contributed by atoms with Crippen LogP contribution < -0.4 is 5.32 Å². The lowest BCUT2D eigenvalue weighted by molar-refractivity contribution is -0.129. The molecule has 1 fully saturated rings. The van der Waals surface area contributed by atoms with Crippen LogP contribution in [0.1, 0.15) is 65.7 Å². The molecule has 6 heteroatoms. The summed E-state index contributed by atoms with van der Waals surface area (Å²) in [7, 11) is 0. The molecule has 4 atom stereocenters. The van der Waals surface area contributed by atoms with E-state index in [0.717, 1.165) is 0 Å². The van der Waals surface area contributed by atoms with E-state index in [-0.39, 0.29) is 42.3 Å². The fourth-order valence-corrected chi connectivity index (χ4v) is 3.37. The Bertz CT molecular complexity index is 696. The van der Waals surface area contributed by atoms with Crippen LogP contribution in [0.3, 0.4) is 0 Å². The highest BCUT2D eigenvalue weighted by atomic mass is 16.3. The molecule has 0 aromatic heterocycles. The highest BCUT2D eigenvalue weighted by Gasteiger charge is 2.39. The van der Waals surface area contributed by atoms with Crippen molar-refractivity contribution in [3.05, 3.63) is 24.3 Å². The third-order valence-corrected chi connectivity index (χ3v) is 4.99. The van der Waals surface area contributed by atoms with Crippen molar-refractivity contribution in [3.8, 4) is 11.8 Å². The van der Waals surface area contributed by atoms with E-state index >= 15 is 0 Å². The highest BCUT2D eigenvalue weighted by Crippen LogP contribution is 2.34. The molecule has 0 saturated heterocycles. The number of ketones is 1. The Morgan fingerprint density at radius 3 is 2.72 bits per heavy atom. The molecule has 2 amide bonds. The van der Waals surface area contributed by atoms with Crippen LogP contribution in [0.4, 0.5) is 0 Å². The third kappa shape index (κ3) is 9.69. The van der Waals surface area contributed by atoms with Crippen LogP contribution in [0, 0.1) is 23.7 Å². The van der Waals surface area contributed by atoms with Crippen molar-refractivity contribution in [2.24, 2.45) is 11.8 Å². The van der Waals surface area contributed by atoms with Gasteiger partial charge in [-0.1, -0.05) is 24.3 Å². The first-order valence-corrected chi connectivity index (χ1v) is 10.1. The largest absolute Gasteiger partial charge is 0.392 e. The van der Waals surface area contributed by atoms with Crippen molar-refractivity contribution in [1.82, 2.24) is 5.32 Å². The van der Waals surface area contributed by atoms with E-state index in [1.54, 1.807) is 26.0 Å². The molecule has 0 aromatic rings. The Morgan fingerprint density at radius 2 is 2.07 bits per heavy atom. The van der Waals surface area contributed by atoms with Crippen LogP contribution in [-0.4, -0.2) is 39.5 Å². The van der Waals surface area contributed by atoms with Gasteiger partial charge < -0.3 is 10.2 Å². The molecule has 0 radical (unpaired) electrons. The number of aliphatic hydroxyl groups excluding tert-OH is 1. The Balaban J connectivity index is 2.54. The Kier molecular flexibility index (Phi) is 10.6. The summed E-state index contributed by atoms with van der Waals surface area (Å²) in [6.07, 6.45) is 9.77. The average Bonchev–Trinajstić information content (AvgIpc) is 2.88. The van der Waals surface area contributed by atoms with E-state index < -0.39 is 11.7 Å². The van der Waals surface area contributed by atoms with Crippen LogP contribution in [0.15, 0.2) is 24.3 Å². The molecule has 29 heavy (non-hydrogen) atoms. The minimum absolute atomic E-state index is 0.0223. The zero-order valence-electron chi connectivity index (χ0n) is 17.6. The van der Waals surface area contributed by atoms with Gasteiger partial charge in [0.2, 0.25) is 11.8 Å². The summed E-state index contributed by atoms with van der Waals surface area (Å²) in [5.41, 5.74) is -1.03. The number of carbonyl (C=O) groups excluding carboxylic acids is 3. The highest BCUT2D eigenvalue weighted by molar-refractivity contribution is 5.93. The zero-order chi connectivity index (χ0) is 21.9. The summed E-state index contributed by atoms with van der Waals surface area (Å²) in [6, 6.07) is 0. The number of carbonyl (C=O) groups is 3. The summed E-state index contributed by atoms with van der Waals surface area (Å²) < 4.78 is 0. The second-order valence-corrected chi connectivity index (χ2v) is 7.77. The summed E-state index contributed by atoms with van der Waals surface area (Å²) >= 11 is 0. The third-order valence-electron chi connectivity index (χ3n) is 4.99. The zero-order valence-corrected chi connectivity index (χ0v) is 17.6. The number of hydrogen-bond donors (Lipinski definition) is 3. The number of unbranched alkanes of at least 4 members (excludes halogenated alkanes) is 1. The molecule has 3 N–H and O–H groups in total. The normalized spacial score (nSPS) is 23.8. The van der Waals surface area contributed by atoms with Gasteiger partial charge in [0, 0.05) is 38.0 Å². The Labute approximate surface area is 173 Å². The maximum absolute atomic E-state index is 12.2. The van der Waals surface area contributed by atoms with Crippen molar-refractivity contribution in [2.75, 3.05) is 0 Å². The lowest BCUT2D eigenvalue weighted by Gasteiger charge is -2.21. The number of aliphatic hydroxyl groups is 2. The van der Waals surface area contributed by atoms with Gasteiger partial charge in [0.15, 0.2) is 0 Å².